The molecule has 0 amide bonds. The van der Waals surface area contributed by atoms with Crippen LogP contribution in [0.4, 0.5) is 5.69 Å². The van der Waals surface area contributed by atoms with Crippen molar-refractivity contribution in [3.63, 3.8) is 0 Å². The number of fused-ring (bicyclic) bond motifs is 1. The van der Waals surface area contributed by atoms with Crippen LogP contribution < -0.4 is 10.5 Å². The van der Waals surface area contributed by atoms with Crippen LogP contribution in [0.15, 0.2) is 42.5 Å². The van der Waals surface area contributed by atoms with Gasteiger partial charge in [-0.25, -0.2) is 4.98 Å². The molecule has 0 bridgehead atoms. The van der Waals surface area contributed by atoms with Gasteiger partial charge in [0, 0.05) is 5.69 Å². The summed E-state index contributed by atoms with van der Waals surface area (Å²) in [5.74, 6) is 0.810. The topological polar surface area (TPSA) is 48.1 Å². The monoisotopic (exact) mass is 270 g/mol. The van der Waals surface area contributed by atoms with Crippen LogP contribution in [0.3, 0.4) is 0 Å². The van der Waals surface area contributed by atoms with Gasteiger partial charge in [0.2, 0.25) is 0 Å². The van der Waals surface area contributed by atoms with Crippen LogP contribution in [0.25, 0.3) is 10.2 Å². The number of thiazole rings is 1. The van der Waals surface area contributed by atoms with E-state index in [2.05, 4.69) is 30.1 Å². The van der Waals surface area contributed by atoms with Crippen molar-refractivity contribution in [1.82, 2.24) is 4.98 Å². The molecule has 0 fully saturated rings. The molecule has 1 aromatic heterocycles. The first-order valence-electron chi connectivity index (χ1n) is 6.05. The Labute approximate surface area is 115 Å². The molecular weight excluding hydrogens is 256 g/mol. The highest BCUT2D eigenvalue weighted by molar-refractivity contribution is 7.18. The third kappa shape index (κ3) is 2.69. The Kier molecular flexibility index (Phi) is 3.09. The Morgan fingerprint density at radius 1 is 1.16 bits per heavy atom. The summed E-state index contributed by atoms with van der Waals surface area (Å²) in [6, 6.07) is 13.7. The fourth-order valence-electron chi connectivity index (χ4n) is 1.86. The van der Waals surface area contributed by atoms with E-state index in [9.17, 15) is 0 Å². The number of benzene rings is 2. The van der Waals surface area contributed by atoms with Crippen LogP contribution in [-0.4, -0.2) is 4.98 Å². The van der Waals surface area contributed by atoms with Crippen molar-refractivity contribution in [2.75, 3.05) is 5.73 Å². The molecule has 0 aliphatic carbocycles. The summed E-state index contributed by atoms with van der Waals surface area (Å²) < 4.78 is 6.90. The molecule has 0 saturated heterocycles. The standard InChI is InChI=1S/C15H14N2OS/c1-10-2-7-14-13(8-10)17-15(19-14)9-18-12-5-3-11(16)4-6-12/h2-8H,9,16H2,1H3. The first-order chi connectivity index (χ1) is 9.20. The second kappa shape index (κ2) is 4.90. The van der Waals surface area contributed by atoms with E-state index in [-0.39, 0.29) is 0 Å². The van der Waals surface area contributed by atoms with Gasteiger partial charge in [0.1, 0.15) is 17.4 Å². The molecule has 0 aliphatic heterocycles. The van der Waals surface area contributed by atoms with Gasteiger partial charge in [-0.15, -0.1) is 11.3 Å². The van der Waals surface area contributed by atoms with Crippen LogP contribution in [0, 0.1) is 6.92 Å². The molecule has 3 rings (SSSR count). The van der Waals surface area contributed by atoms with Gasteiger partial charge in [0.15, 0.2) is 0 Å². The Morgan fingerprint density at radius 2 is 1.95 bits per heavy atom. The average Bonchev–Trinajstić information content (AvgIpc) is 2.80. The first-order valence-corrected chi connectivity index (χ1v) is 6.87. The molecule has 19 heavy (non-hydrogen) atoms. The SMILES string of the molecule is Cc1ccc2sc(COc3ccc(N)cc3)nc2c1. The maximum absolute atomic E-state index is 5.70. The zero-order valence-electron chi connectivity index (χ0n) is 10.6. The third-order valence-electron chi connectivity index (χ3n) is 2.83. The normalized spacial score (nSPS) is 10.8. The van der Waals surface area contributed by atoms with E-state index < -0.39 is 0 Å². The summed E-state index contributed by atoms with van der Waals surface area (Å²) in [7, 11) is 0. The lowest BCUT2D eigenvalue weighted by Crippen LogP contribution is -1.94. The molecule has 2 N–H and O–H groups in total. The molecule has 3 nitrogen and oxygen atoms in total. The van der Waals surface area contributed by atoms with Gasteiger partial charge >= 0.3 is 0 Å². The Balaban J connectivity index is 1.76. The van der Waals surface area contributed by atoms with E-state index >= 15 is 0 Å². The number of rotatable bonds is 3. The number of aromatic nitrogens is 1. The van der Waals surface area contributed by atoms with Crippen molar-refractivity contribution in [3.05, 3.63) is 53.0 Å². The lowest BCUT2D eigenvalue weighted by molar-refractivity contribution is 0.306. The van der Waals surface area contributed by atoms with Crippen LogP contribution in [0.2, 0.25) is 0 Å². The highest BCUT2D eigenvalue weighted by Gasteiger charge is 2.04. The smallest absolute Gasteiger partial charge is 0.140 e. The second-order valence-corrected chi connectivity index (χ2v) is 5.55. The molecular formula is C15H14N2OS. The zero-order valence-corrected chi connectivity index (χ0v) is 11.4. The number of anilines is 1. The van der Waals surface area contributed by atoms with Gasteiger partial charge in [-0.3, -0.25) is 0 Å². The summed E-state index contributed by atoms with van der Waals surface area (Å²) in [5.41, 5.74) is 8.64. The van der Waals surface area contributed by atoms with Crippen LogP contribution >= 0.6 is 11.3 Å². The van der Waals surface area contributed by atoms with Crippen LogP contribution in [0.5, 0.6) is 5.75 Å². The molecule has 2 aromatic carbocycles. The van der Waals surface area contributed by atoms with Gasteiger partial charge in [0.25, 0.3) is 0 Å². The minimum absolute atomic E-state index is 0.488. The van der Waals surface area contributed by atoms with E-state index in [1.54, 1.807) is 11.3 Å². The number of nitrogens with two attached hydrogens (primary N) is 1. The predicted octanol–water partition coefficient (Wildman–Crippen LogP) is 3.77. The Morgan fingerprint density at radius 3 is 2.74 bits per heavy atom. The van der Waals surface area contributed by atoms with Crippen molar-refractivity contribution < 1.29 is 4.74 Å². The van der Waals surface area contributed by atoms with E-state index in [1.165, 1.54) is 10.3 Å². The van der Waals surface area contributed by atoms with Gasteiger partial charge < -0.3 is 10.5 Å². The minimum atomic E-state index is 0.488. The lowest BCUT2D eigenvalue weighted by Gasteiger charge is -2.03. The summed E-state index contributed by atoms with van der Waals surface area (Å²) in [4.78, 5) is 4.57. The number of nitrogens with zero attached hydrogens (tertiary/aromatic N) is 1. The number of aryl methyl sites for hydroxylation is 1. The van der Waals surface area contributed by atoms with Crippen molar-refractivity contribution in [2.24, 2.45) is 0 Å². The van der Waals surface area contributed by atoms with E-state index in [1.807, 2.05) is 24.3 Å². The third-order valence-corrected chi connectivity index (χ3v) is 3.84. The molecule has 0 spiro atoms. The van der Waals surface area contributed by atoms with Crippen molar-refractivity contribution in [1.29, 1.82) is 0 Å². The fraction of sp³-hybridized carbons (Fsp3) is 0.133. The number of nitrogen functional groups attached to an aromatic ring is 1. The van der Waals surface area contributed by atoms with Crippen molar-refractivity contribution >= 4 is 27.2 Å². The average molecular weight is 270 g/mol. The molecule has 0 aliphatic rings. The largest absolute Gasteiger partial charge is 0.486 e. The highest BCUT2D eigenvalue weighted by Crippen LogP contribution is 2.24. The van der Waals surface area contributed by atoms with Crippen molar-refractivity contribution in [2.45, 2.75) is 13.5 Å². The number of hydrogen-bond donors (Lipinski definition) is 1. The molecule has 0 atom stereocenters. The van der Waals surface area contributed by atoms with Crippen LogP contribution in [0.1, 0.15) is 10.6 Å². The Hall–Kier alpha value is -2.07. The van der Waals surface area contributed by atoms with E-state index in [4.69, 9.17) is 10.5 Å². The molecule has 0 unspecified atom stereocenters. The van der Waals surface area contributed by atoms with E-state index in [0.29, 0.717) is 6.61 Å². The maximum Gasteiger partial charge on any atom is 0.140 e. The fourth-order valence-corrected chi connectivity index (χ4v) is 2.72. The van der Waals surface area contributed by atoms with Gasteiger partial charge in [-0.2, -0.15) is 0 Å². The van der Waals surface area contributed by atoms with Crippen LogP contribution in [-0.2, 0) is 6.61 Å². The number of ether oxygens (including phenoxy) is 1. The van der Waals surface area contributed by atoms with Gasteiger partial charge in [0.05, 0.1) is 10.2 Å². The summed E-state index contributed by atoms with van der Waals surface area (Å²) in [5, 5.41) is 0.984. The molecule has 3 aromatic rings. The predicted molar refractivity (Wildman–Crippen MR) is 79.5 cm³/mol. The Bertz CT molecular complexity index is 704. The minimum Gasteiger partial charge on any atom is -0.486 e. The molecule has 96 valence electrons. The second-order valence-electron chi connectivity index (χ2n) is 4.44. The van der Waals surface area contributed by atoms with Crippen molar-refractivity contribution in [3.8, 4) is 5.75 Å². The van der Waals surface area contributed by atoms with Gasteiger partial charge in [-0.1, -0.05) is 6.07 Å². The molecule has 4 heteroatoms. The first kappa shape index (κ1) is 12.0. The highest BCUT2D eigenvalue weighted by atomic mass is 32.1. The molecule has 0 saturated carbocycles. The summed E-state index contributed by atoms with van der Waals surface area (Å²) in [6.45, 7) is 2.56. The summed E-state index contributed by atoms with van der Waals surface area (Å²) in [6.07, 6.45) is 0. The number of hydrogen-bond acceptors (Lipinski definition) is 4. The zero-order chi connectivity index (χ0) is 13.2. The molecule has 0 radical (unpaired) electrons. The lowest BCUT2D eigenvalue weighted by atomic mass is 10.2. The quantitative estimate of drug-likeness (QED) is 0.737. The summed E-state index contributed by atoms with van der Waals surface area (Å²) >= 11 is 1.67. The molecule has 1 heterocycles. The van der Waals surface area contributed by atoms with E-state index in [0.717, 1.165) is 22.0 Å². The maximum atomic E-state index is 5.70. The van der Waals surface area contributed by atoms with Gasteiger partial charge in [-0.05, 0) is 48.9 Å².